The van der Waals surface area contributed by atoms with Gasteiger partial charge in [0.2, 0.25) is 5.54 Å². The lowest BCUT2D eigenvalue weighted by molar-refractivity contribution is -0.122. The summed E-state index contributed by atoms with van der Waals surface area (Å²) in [5.41, 5.74) is -0.885. The van der Waals surface area contributed by atoms with Crippen LogP contribution in [0, 0.1) is 11.8 Å². The topological polar surface area (TPSA) is 102 Å². The molecule has 0 radical (unpaired) electrons. The maximum Gasteiger partial charge on any atom is 0.323 e. The Hall–Kier alpha value is -4.12. The summed E-state index contributed by atoms with van der Waals surface area (Å²) in [5, 5.41) is 16.8. The molecule has 4 rings (SSSR count). The Balaban J connectivity index is 1.73. The van der Waals surface area contributed by atoms with E-state index in [-0.39, 0.29) is 12.4 Å². The fraction of sp³-hybridized carbons (Fsp3) is 0.182. The number of nitrogens with one attached hydrogen (secondary N) is 2. The minimum absolute atomic E-state index is 0.0523. The van der Waals surface area contributed by atoms with Crippen molar-refractivity contribution in [2.24, 2.45) is 0 Å². The highest BCUT2D eigenvalue weighted by Gasteiger charge is 2.46. The van der Waals surface area contributed by atoms with E-state index in [4.69, 9.17) is 9.47 Å². The highest BCUT2D eigenvalue weighted by molar-refractivity contribution is 6.09. The zero-order valence-electron chi connectivity index (χ0n) is 16.4. The molecule has 1 aliphatic heterocycles. The number of rotatable bonds is 4. The smallest absolute Gasteiger partial charge is 0.323 e. The van der Waals surface area contributed by atoms with Crippen LogP contribution < -0.4 is 20.1 Å². The summed E-state index contributed by atoms with van der Waals surface area (Å²) in [4.78, 5) is 24.5. The summed E-state index contributed by atoms with van der Waals surface area (Å²) < 4.78 is 11.8. The van der Waals surface area contributed by atoms with Crippen molar-refractivity contribution in [3.63, 3.8) is 0 Å². The second kappa shape index (κ2) is 7.37. The van der Waals surface area contributed by atoms with Crippen molar-refractivity contribution >= 4 is 22.7 Å². The third-order valence-electron chi connectivity index (χ3n) is 4.93. The standard InChI is InChI=1S/C22H19N3O5/c1-29-16-6-3-14(4-7-16)9-10-22(20(27)23-21(28)24-22)13-25-12-15-5-8-17(30-2)11-18(15)19(25)26/h3-8,11-12,26H,13H2,1-2H3,(H2,23,24,27,28)/t22-/m1/s1. The van der Waals surface area contributed by atoms with E-state index in [1.807, 2.05) is 0 Å². The first-order valence-corrected chi connectivity index (χ1v) is 9.11. The zero-order valence-corrected chi connectivity index (χ0v) is 16.4. The lowest BCUT2D eigenvalue weighted by atomic mass is 10.00. The van der Waals surface area contributed by atoms with Gasteiger partial charge >= 0.3 is 6.03 Å². The summed E-state index contributed by atoms with van der Waals surface area (Å²) in [6.45, 7) is -0.0729. The summed E-state index contributed by atoms with van der Waals surface area (Å²) in [7, 11) is 3.11. The van der Waals surface area contributed by atoms with Crippen LogP contribution in [0.5, 0.6) is 17.4 Å². The summed E-state index contributed by atoms with van der Waals surface area (Å²) in [5.74, 6) is 6.45. The molecule has 0 bridgehead atoms. The normalized spacial score (nSPS) is 17.8. The number of aromatic hydroxyl groups is 1. The summed E-state index contributed by atoms with van der Waals surface area (Å²) in [6, 6.07) is 11.6. The lowest BCUT2D eigenvalue weighted by Crippen LogP contribution is -2.49. The van der Waals surface area contributed by atoms with Crippen LogP contribution in [0.25, 0.3) is 10.8 Å². The van der Waals surface area contributed by atoms with Crippen molar-refractivity contribution in [1.29, 1.82) is 0 Å². The molecule has 1 aliphatic rings. The SMILES string of the molecule is COc1ccc(C#C[C@]2(Cn3cc4ccc(OC)cc4c3O)NC(=O)NC2=O)cc1. The van der Waals surface area contributed by atoms with Crippen LogP contribution in [0.4, 0.5) is 4.79 Å². The van der Waals surface area contributed by atoms with Gasteiger partial charge in [0.25, 0.3) is 5.91 Å². The van der Waals surface area contributed by atoms with Crippen LogP contribution in [-0.2, 0) is 11.3 Å². The van der Waals surface area contributed by atoms with Gasteiger partial charge in [-0.25, -0.2) is 4.79 Å². The van der Waals surface area contributed by atoms with E-state index in [0.717, 1.165) is 5.39 Å². The fourth-order valence-corrected chi connectivity index (χ4v) is 3.31. The van der Waals surface area contributed by atoms with Crippen LogP contribution in [0.3, 0.4) is 0 Å². The Morgan fingerprint density at radius 3 is 2.40 bits per heavy atom. The van der Waals surface area contributed by atoms with Gasteiger partial charge < -0.3 is 24.5 Å². The third-order valence-corrected chi connectivity index (χ3v) is 4.93. The molecule has 2 aromatic carbocycles. The molecule has 3 aromatic rings. The number of hydrogen-bond acceptors (Lipinski definition) is 5. The Morgan fingerprint density at radius 1 is 1.07 bits per heavy atom. The average molecular weight is 405 g/mol. The number of carbonyl (C=O) groups excluding carboxylic acids is 2. The van der Waals surface area contributed by atoms with Gasteiger partial charge in [0.05, 0.1) is 20.8 Å². The van der Waals surface area contributed by atoms with Crippen molar-refractivity contribution in [2.75, 3.05) is 14.2 Å². The minimum Gasteiger partial charge on any atom is -0.497 e. The van der Waals surface area contributed by atoms with E-state index in [0.29, 0.717) is 22.4 Å². The lowest BCUT2D eigenvalue weighted by Gasteiger charge is -2.20. The molecule has 0 aliphatic carbocycles. The maximum absolute atomic E-state index is 12.6. The predicted molar refractivity (Wildman–Crippen MR) is 109 cm³/mol. The molecule has 3 amide bonds. The molecule has 8 heteroatoms. The number of urea groups is 1. The molecule has 30 heavy (non-hydrogen) atoms. The van der Waals surface area contributed by atoms with Gasteiger partial charge in [-0.15, -0.1) is 0 Å². The van der Waals surface area contributed by atoms with Gasteiger partial charge in [-0.2, -0.15) is 0 Å². The first-order valence-electron chi connectivity index (χ1n) is 9.11. The van der Waals surface area contributed by atoms with E-state index in [9.17, 15) is 14.7 Å². The van der Waals surface area contributed by atoms with Gasteiger partial charge in [-0.05, 0) is 42.5 Å². The first-order chi connectivity index (χ1) is 14.4. The predicted octanol–water partition coefficient (Wildman–Crippen LogP) is 1.99. The first kappa shape index (κ1) is 19.2. The highest BCUT2D eigenvalue weighted by Crippen LogP contribution is 2.32. The Morgan fingerprint density at radius 2 is 1.77 bits per heavy atom. The Labute approximate surface area is 172 Å². The number of imide groups is 1. The number of nitrogens with zero attached hydrogens (tertiary/aromatic N) is 1. The second-order valence-corrected chi connectivity index (χ2v) is 6.83. The van der Waals surface area contributed by atoms with E-state index >= 15 is 0 Å². The highest BCUT2D eigenvalue weighted by atomic mass is 16.5. The molecule has 2 heterocycles. The summed E-state index contributed by atoms with van der Waals surface area (Å²) >= 11 is 0. The van der Waals surface area contributed by atoms with Crippen LogP contribution in [0.15, 0.2) is 48.7 Å². The van der Waals surface area contributed by atoms with Crippen LogP contribution in [0.2, 0.25) is 0 Å². The minimum atomic E-state index is -1.53. The molecule has 8 nitrogen and oxygen atoms in total. The largest absolute Gasteiger partial charge is 0.497 e. The number of ether oxygens (including phenoxy) is 2. The van der Waals surface area contributed by atoms with Crippen LogP contribution >= 0.6 is 0 Å². The van der Waals surface area contributed by atoms with Gasteiger partial charge in [0.1, 0.15) is 11.5 Å². The molecule has 1 aromatic heterocycles. The number of carbonyl (C=O) groups is 2. The zero-order chi connectivity index (χ0) is 21.3. The quantitative estimate of drug-likeness (QED) is 0.455. The monoisotopic (exact) mass is 405 g/mol. The molecule has 3 N–H and O–H groups in total. The van der Waals surface area contributed by atoms with Gasteiger partial charge in [0.15, 0.2) is 5.88 Å². The summed E-state index contributed by atoms with van der Waals surface area (Å²) in [6.07, 6.45) is 1.69. The number of fused-ring (bicyclic) bond motifs is 1. The number of amides is 3. The van der Waals surface area contributed by atoms with Gasteiger partial charge in [-0.1, -0.05) is 11.8 Å². The van der Waals surface area contributed by atoms with Gasteiger partial charge in [-0.3, -0.25) is 10.1 Å². The third kappa shape index (κ3) is 3.37. The van der Waals surface area contributed by atoms with Crippen molar-refractivity contribution in [2.45, 2.75) is 12.1 Å². The van der Waals surface area contributed by atoms with E-state index in [1.54, 1.807) is 55.8 Å². The number of methoxy groups -OCH3 is 2. The second-order valence-electron chi connectivity index (χ2n) is 6.83. The van der Waals surface area contributed by atoms with Crippen molar-refractivity contribution < 1.29 is 24.2 Å². The molecule has 0 spiro atoms. The average Bonchev–Trinajstić information content (AvgIpc) is 3.21. The molecule has 1 saturated heterocycles. The van der Waals surface area contributed by atoms with Crippen molar-refractivity contribution in [3.8, 4) is 29.2 Å². The number of hydrogen-bond donors (Lipinski definition) is 3. The molecule has 0 unspecified atom stereocenters. The number of benzene rings is 2. The van der Waals surface area contributed by atoms with Crippen LogP contribution in [0.1, 0.15) is 5.56 Å². The Kier molecular flexibility index (Phi) is 4.72. The molecule has 1 atom stereocenters. The maximum atomic E-state index is 12.6. The van der Waals surface area contributed by atoms with Gasteiger partial charge in [0, 0.05) is 22.5 Å². The molecular weight excluding hydrogens is 386 g/mol. The molecule has 1 fully saturated rings. The van der Waals surface area contributed by atoms with E-state index < -0.39 is 17.5 Å². The molecule has 0 saturated carbocycles. The fourth-order valence-electron chi connectivity index (χ4n) is 3.31. The van der Waals surface area contributed by atoms with E-state index in [1.165, 1.54) is 11.7 Å². The van der Waals surface area contributed by atoms with Crippen molar-refractivity contribution in [1.82, 2.24) is 15.2 Å². The molecule has 152 valence electrons. The van der Waals surface area contributed by atoms with Crippen molar-refractivity contribution in [3.05, 3.63) is 54.2 Å². The van der Waals surface area contributed by atoms with E-state index in [2.05, 4.69) is 22.5 Å². The Bertz CT molecular complexity index is 1200. The number of aromatic nitrogens is 1. The molecular formula is C22H19N3O5. The van der Waals surface area contributed by atoms with Crippen LogP contribution in [-0.4, -0.2) is 41.4 Å².